The van der Waals surface area contributed by atoms with Gasteiger partial charge in [-0.2, -0.15) is 0 Å². The molecule has 1 N–H and O–H groups in total. The van der Waals surface area contributed by atoms with Crippen LogP contribution in [0.4, 0.5) is 0 Å². The van der Waals surface area contributed by atoms with Crippen LogP contribution in [0, 0.1) is 13.8 Å². The molecule has 5 heteroatoms. The average Bonchev–Trinajstić information content (AvgIpc) is 3.06. The van der Waals surface area contributed by atoms with Crippen LogP contribution in [0.25, 0.3) is 0 Å². The third kappa shape index (κ3) is 4.28. The number of likely N-dealkylation sites (tertiary alicyclic amines) is 1. The number of nitrogens with zero attached hydrogens (tertiary/aromatic N) is 2. The molecule has 1 aromatic rings. The van der Waals surface area contributed by atoms with Crippen molar-refractivity contribution < 1.29 is 4.79 Å². The predicted octanol–water partition coefficient (Wildman–Crippen LogP) is 1.90. The summed E-state index contributed by atoms with van der Waals surface area (Å²) in [7, 11) is 0. The van der Waals surface area contributed by atoms with Crippen molar-refractivity contribution >= 4 is 17.7 Å². The Morgan fingerprint density at radius 1 is 1.26 bits per heavy atom. The molecule has 0 radical (unpaired) electrons. The number of nitrogens with one attached hydrogen (secondary N) is 1. The third-order valence-electron chi connectivity index (χ3n) is 4.88. The highest BCUT2D eigenvalue weighted by Crippen LogP contribution is 2.25. The van der Waals surface area contributed by atoms with Crippen LogP contribution in [0.2, 0.25) is 0 Å². The van der Waals surface area contributed by atoms with Gasteiger partial charge < -0.3 is 10.2 Å². The maximum atomic E-state index is 12.5. The summed E-state index contributed by atoms with van der Waals surface area (Å²) in [5.41, 5.74) is 2.51. The van der Waals surface area contributed by atoms with Crippen LogP contribution < -0.4 is 5.32 Å². The lowest BCUT2D eigenvalue weighted by atomic mass is 10.2. The zero-order valence-electron chi connectivity index (χ0n) is 14.2. The maximum absolute atomic E-state index is 12.5. The molecule has 2 heterocycles. The molecule has 0 saturated carbocycles. The Balaban J connectivity index is 1.50. The molecule has 0 bridgehead atoms. The first kappa shape index (κ1) is 16.8. The standard InChI is InChI=1S/C18H27N3OS/c1-14-3-4-15(2)17(11-14)23-13-18(22)21-8-5-16(12-21)20-9-6-19-7-10-20/h3-4,11,16,19H,5-10,12-13H2,1-2H3. The lowest BCUT2D eigenvalue weighted by Gasteiger charge is -2.32. The van der Waals surface area contributed by atoms with Gasteiger partial charge in [0.1, 0.15) is 0 Å². The van der Waals surface area contributed by atoms with Crippen LogP contribution in [0.1, 0.15) is 17.5 Å². The zero-order valence-corrected chi connectivity index (χ0v) is 15.0. The number of carbonyl (C=O) groups is 1. The molecule has 23 heavy (non-hydrogen) atoms. The second kappa shape index (κ2) is 7.69. The van der Waals surface area contributed by atoms with Crippen LogP contribution >= 0.6 is 11.8 Å². The minimum Gasteiger partial charge on any atom is -0.340 e. The molecule has 4 nitrogen and oxygen atoms in total. The molecule has 0 aliphatic carbocycles. The van der Waals surface area contributed by atoms with Gasteiger partial charge in [-0.25, -0.2) is 0 Å². The summed E-state index contributed by atoms with van der Waals surface area (Å²) in [6.45, 7) is 10.4. The molecule has 1 unspecified atom stereocenters. The highest BCUT2D eigenvalue weighted by atomic mass is 32.2. The quantitative estimate of drug-likeness (QED) is 0.854. The number of thioether (sulfide) groups is 1. The Bertz CT molecular complexity index is 557. The molecule has 2 saturated heterocycles. The number of benzene rings is 1. The van der Waals surface area contributed by atoms with E-state index in [-0.39, 0.29) is 5.91 Å². The Kier molecular flexibility index (Phi) is 5.62. The third-order valence-corrected chi connectivity index (χ3v) is 6.02. The highest BCUT2D eigenvalue weighted by molar-refractivity contribution is 8.00. The smallest absolute Gasteiger partial charge is 0.232 e. The van der Waals surface area contributed by atoms with Gasteiger partial charge in [-0.3, -0.25) is 9.69 Å². The molecule has 2 fully saturated rings. The van der Waals surface area contributed by atoms with Crippen molar-refractivity contribution in [2.45, 2.75) is 31.2 Å². The van der Waals surface area contributed by atoms with Crippen LogP contribution in [-0.2, 0) is 4.79 Å². The van der Waals surface area contributed by atoms with Crippen LogP contribution in [0.3, 0.4) is 0 Å². The van der Waals surface area contributed by atoms with Crippen molar-refractivity contribution in [1.29, 1.82) is 0 Å². The van der Waals surface area contributed by atoms with Gasteiger partial charge in [0.25, 0.3) is 0 Å². The average molecular weight is 334 g/mol. The van der Waals surface area contributed by atoms with E-state index in [1.54, 1.807) is 11.8 Å². The van der Waals surface area contributed by atoms with Crippen LogP contribution in [0.15, 0.2) is 23.1 Å². The topological polar surface area (TPSA) is 35.6 Å². The SMILES string of the molecule is Cc1ccc(C)c(SCC(=O)N2CCC(N3CCNCC3)C2)c1. The number of aryl methyl sites for hydroxylation is 2. The molecule has 2 aliphatic heterocycles. The van der Waals surface area contributed by atoms with Gasteiger partial charge in [0.15, 0.2) is 0 Å². The number of carbonyl (C=O) groups excluding carboxylic acids is 1. The number of hydrogen-bond donors (Lipinski definition) is 1. The van der Waals surface area contributed by atoms with Crippen molar-refractivity contribution in [2.24, 2.45) is 0 Å². The monoisotopic (exact) mass is 333 g/mol. The van der Waals surface area contributed by atoms with E-state index in [0.717, 1.165) is 45.7 Å². The Hall–Kier alpha value is -1.04. The second-order valence-electron chi connectivity index (χ2n) is 6.63. The van der Waals surface area contributed by atoms with Gasteiger partial charge in [-0.15, -0.1) is 11.8 Å². The summed E-state index contributed by atoms with van der Waals surface area (Å²) in [4.78, 5) is 18.4. The highest BCUT2D eigenvalue weighted by Gasteiger charge is 2.30. The minimum absolute atomic E-state index is 0.286. The fraction of sp³-hybridized carbons (Fsp3) is 0.611. The van der Waals surface area contributed by atoms with Gasteiger partial charge in [-0.05, 0) is 31.9 Å². The van der Waals surface area contributed by atoms with Crippen molar-refractivity contribution in [3.8, 4) is 0 Å². The van der Waals surface area contributed by atoms with Gasteiger partial charge in [0, 0.05) is 50.2 Å². The van der Waals surface area contributed by atoms with E-state index in [1.807, 2.05) is 0 Å². The molecule has 0 spiro atoms. The molecule has 3 rings (SSSR count). The normalized spacial score (nSPS) is 22.5. The molecular weight excluding hydrogens is 306 g/mol. The largest absolute Gasteiger partial charge is 0.340 e. The van der Waals surface area contributed by atoms with Crippen LogP contribution in [0.5, 0.6) is 0 Å². The molecule has 1 amide bonds. The first-order valence-electron chi connectivity index (χ1n) is 8.56. The Morgan fingerprint density at radius 3 is 2.83 bits per heavy atom. The number of rotatable bonds is 4. The second-order valence-corrected chi connectivity index (χ2v) is 7.64. The van der Waals surface area contributed by atoms with Gasteiger partial charge in [-0.1, -0.05) is 17.7 Å². The lowest BCUT2D eigenvalue weighted by Crippen LogP contribution is -2.49. The lowest BCUT2D eigenvalue weighted by molar-refractivity contribution is -0.127. The first-order chi connectivity index (χ1) is 11.1. The summed E-state index contributed by atoms with van der Waals surface area (Å²) in [6, 6.07) is 7.01. The maximum Gasteiger partial charge on any atom is 0.232 e. The first-order valence-corrected chi connectivity index (χ1v) is 9.54. The van der Waals surface area contributed by atoms with Crippen LogP contribution in [-0.4, -0.2) is 66.8 Å². The van der Waals surface area contributed by atoms with Gasteiger partial charge in [0.05, 0.1) is 5.75 Å². The van der Waals surface area contributed by atoms with E-state index in [9.17, 15) is 4.79 Å². The van der Waals surface area contributed by atoms with E-state index < -0.39 is 0 Å². The molecular formula is C18H27N3OS. The zero-order chi connectivity index (χ0) is 16.2. The summed E-state index contributed by atoms with van der Waals surface area (Å²) in [5.74, 6) is 0.840. The van der Waals surface area contributed by atoms with E-state index in [1.165, 1.54) is 16.0 Å². The summed E-state index contributed by atoms with van der Waals surface area (Å²) in [6.07, 6.45) is 1.12. The fourth-order valence-electron chi connectivity index (χ4n) is 3.41. The Morgan fingerprint density at radius 2 is 2.04 bits per heavy atom. The summed E-state index contributed by atoms with van der Waals surface area (Å²) >= 11 is 1.68. The van der Waals surface area contributed by atoms with Crippen molar-refractivity contribution in [3.05, 3.63) is 29.3 Å². The molecule has 1 atom stereocenters. The van der Waals surface area contributed by atoms with E-state index >= 15 is 0 Å². The molecule has 2 aliphatic rings. The minimum atomic E-state index is 0.286. The van der Waals surface area contributed by atoms with E-state index in [4.69, 9.17) is 0 Å². The Labute approximate surface area is 143 Å². The van der Waals surface area contributed by atoms with E-state index in [0.29, 0.717) is 11.8 Å². The molecule has 126 valence electrons. The fourth-order valence-corrected chi connectivity index (χ4v) is 4.43. The van der Waals surface area contributed by atoms with Crippen molar-refractivity contribution in [2.75, 3.05) is 45.0 Å². The summed E-state index contributed by atoms with van der Waals surface area (Å²) in [5, 5.41) is 3.39. The molecule has 1 aromatic carbocycles. The number of hydrogen-bond acceptors (Lipinski definition) is 4. The van der Waals surface area contributed by atoms with Crippen molar-refractivity contribution in [3.63, 3.8) is 0 Å². The molecule has 0 aromatic heterocycles. The van der Waals surface area contributed by atoms with Gasteiger partial charge in [0.2, 0.25) is 5.91 Å². The summed E-state index contributed by atoms with van der Waals surface area (Å²) < 4.78 is 0. The number of amides is 1. The number of piperazine rings is 1. The van der Waals surface area contributed by atoms with Crippen molar-refractivity contribution in [1.82, 2.24) is 15.1 Å². The van der Waals surface area contributed by atoms with E-state index in [2.05, 4.69) is 47.2 Å². The van der Waals surface area contributed by atoms with Gasteiger partial charge >= 0.3 is 0 Å². The predicted molar refractivity (Wildman–Crippen MR) is 96.1 cm³/mol.